The molecule has 0 amide bonds. The molecule has 0 aromatic heterocycles. The van der Waals surface area contributed by atoms with Crippen molar-refractivity contribution in [2.75, 3.05) is 19.6 Å². The number of likely N-dealkylation sites (tertiary alicyclic amines) is 1. The molecule has 0 spiro atoms. The van der Waals surface area contributed by atoms with E-state index in [1.165, 1.54) is 45.2 Å². The summed E-state index contributed by atoms with van der Waals surface area (Å²) >= 11 is 0. The molecule has 1 heterocycles. The Labute approximate surface area is 102 Å². The molecular formula is C14H30N2. The van der Waals surface area contributed by atoms with E-state index in [9.17, 15) is 0 Å². The van der Waals surface area contributed by atoms with Crippen molar-refractivity contribution < 1.29 is 0 Å². The Bertz CT molecular complexity index is 182. The highest BCUT2D eigenvalue weighted by atomic mass is 15.2. The first kappa shape index (κ1) is 14.0. The van der Waals surface area contributed by atoms with Crippen molar-refractivity contribution in [2.24, 2.45) is 17.6 Å². The van der Waals surface area contributed by atoms with Crippen LogP contribution >= 0.6 is 0 Å². The molecule has 0 radical (unpaired) electrons. The van der Waals surface area contributed by atoms with Crippen molar-refractivity contribution in [3.05, 3.63) is 0 Å². The Morgan fingerprint density at radius 1 is 1.38 bits per heavy atom. The Morgan fingerprint density at radius 2 is 2.12 bits per heavy atom. The summed E-state index contributed by atoms with van der Waals surface area (Å²) in [5.41, 5.74) is 5.98. The molecule has 3 unspecified atom stereocenters. The normalized spacial score (nSPS) is 26.6. The lowest BCUT2D eigenvalue weighted by molar-refractivity contribution is 0.0909. The molecular weight excluding hydrogens is 196 g/mol. The maximum absolute atomic E-state index is 5.98. The van der Waals surface area contributed by atoms with E-state index in [1.807, 2.05) is 0 Å². The van der Waals surface area contributed by atoms with Gasteiger partial charge in [-0.15, -0.1) is 0 Å². The van der Waals surface area contributed by atoms with Gasteiger partial charge in [-0.05, 0) is 37.6 Å². The average molecular weight is 226 g/mol. The second-order valence-corrected chi connectivity index (χ2v) is 5.48. The van der Waals surface area contributed by atoms with Crippen LogP contribution in [0.1, 0.15) is 52.9 Å². The lowest BCUT2D eigenvalue weighted by Crippen LogP contribution is -2.49. The first-order valence-corrected chi connectivity index (χ1v) is 7.17. The smallest absolute Gasteiger partial charge is 0.0244 e. The third-order valence-corrected chi connectivity index (χ3v) is 4.24. The third-order valence-electron chi connectivity index (χ3n) is 4.24. The van der Waals surface area contributed by atoms with E-state index < -0.39 is 0 Å². The molecule has 0 aromatic carbocycles. The summed E-state index contributed by atoms with van der Waals surface area (Å²) in [5.74, 6) is 1.67. The fraction of sp³-hybridized carbons (Fsp3) is 1.00. The highest BCUT2D eigenvalue weighted by Crippen LogP contribution is 2.24. The minimum atomic E-state index is 0.620. The van der Waals surface area contributed by atoms with Gasteiger partial charge in [0.25, 0.3) is 0 Å². The molecule has 3 atom stereocenters. The largest absolute Gasteiger partial charge is 0.329 e. The predicted octanol–water partition coefficient (Wildman–Crippen LogP) is 2.87. The first-order valence-electron chi connectivity index (χ1n) is 7.17. The van der Waals surface area contributed by atoms with Crippen molar-refractivity contribution in [3.63, 3.8) is 0 Å². The monoisotopic (exact) mass is 226 g/mol. The molecule has 16 heavy (non-hydrogen) atoms. The molecule has 1 aliphatic rings. The van der Waals surface area contributed by atoms with Crippen LogP contribution in [0.4, 0.5) is 0 Å². The van der Waals surface area contributed by atoms with Crippen LogP contribution in [0.3, 0.4) is 0 Å². The SMILES string of the molecule is CCCC(C)C(CN)N1CCCC(CC)C1. The Morgan fingerprint density at radius 3 is 2.69 bits per heavy atom. The molecule has 0 bridgehead atoms. The van der Waals surface area contributed by atoms with E-state index in [4.69, 9.17) is 5.73 Å². The number of rotatable bonds is 6. The fourth-order valence-electron chi connectivity index (χ4n) is 3.12. The molecule has 2 N–H and O–H groups in total. The summed E-state index contributed by atoms with van der Waals surface area (Å²) in [7, 11) is 0. The van der Waals surface area contributed by atoms with Gasteiger partial charge in [-0.2, -0.15) is 0 Å². The van der Waals surface area contributed by atoms with Gasteiger partial charge < -0.3 is 5.73 Å². The maximum Gasteiger partial charge on any atom is 0.0244 e. The van der Waals surface area contributed by atoms with Crippen LogP contribution in [0.5, 0.6) is 0 Å². The van der Waals surface area contributed by atoms with Gasteiger partial charge >= 0.3 is 0 Å². The lowest BCUT2D eigenvalue weighted by Gasteiger charge is -2.40. The minimum absolute atomic E-state index is 0.620. The van der Waals surface area contributed by atoms with E-state index in [2.05, 4.69) is 25.7 Å². The molecule has 1 fully saturated rings. The lowest BCUT2D eigenvalue weighted by atomic mass is 9.90. The predicted molar refractivity (Wildman–Crippen MR) is 71.5 cm³/mol. The van der Waals surface area contributed by atoms with E-state index in [-0.39, 0.29) is 0 Å². The molecule has 1 aliphatic heterocycles. The van der Waals surface area contributed by atoms with Crippen molar-refractivity contribution in [1.29, 1.82) is 0 Å². The summed E-state index contributed by atoms with van der Waals surface area (Å²) in [5, 5.41) is 0. The summed E-state index contributed by atoms with van der Waals surface area (Å²) in [6.45, 7) is 10.4. The van der Waals surface area contributed by atoms with Gasteiger partial charge in [0.05, 0.1) is 0 Å². The molecule has 1 rings (SSSR count). The summed E-state index contributed by atoms with van der Waals surface area (Å²) in [6.07, 6.45) is 6.72. The highest BCUT2D eigenvalue weighted by molar-refractivity contribution is 4.82. The van der Waals surface area contributed by atoms with Gasteiger partial charge in [0, 0.05) is 19.1 Å². The van der Waals surface area contributed by atoms with Crippen LogP contribution in [0.2, 0.25) is 0 Å². The number of hydrogen-bond donors (Lipinski definition) is 1. The second kappa shape index (κ2) is 7.29. The summed E-state index contributed by atoms with van der Waals surface area (Å²) in [4.78, 5) is 2.66. The topological polar surface area (TPSA) is 29.3 Å². The standard InChI is InChI=1S/C14H30N2/c1-4-7-12(3)14(10-15)16-9-6-8-13(5-2)11-16/h12-14H,4-11,15H2,1-3H3. The van der Waals surface area contributed by atoms with Gasteiger partial charge in [0.2, 0.25) is 0 Å². The highest BCUT2D eigenvalue weighted by Gasteiger charge is 2.27. The van der Waals surface area contributed by atoms with Gasteiger partial charge in [0.15, 0.2) is 0 Å². The van der Waals surface area contributed by atoms with Gasteiger partial charge in [-0.25, -0.2) is 0 Å². The third kappa shape index (κ3) is 3.74. The van der Waals surface area contributed by atoms with Crippen LogP contribution in [-0.4, -0.2) is 30.6 Å². The molecule has 0 saturated carbocycles. The average Bonchev–Trinajstić information content (AvgIpc) is 2.31. The van der Waals surface area contributed by atoms with Crippen LogP contribution in [0.15, 0.2) is 0 Å². The Balaban J connectivity index is 2.50. The molecule has 0 aliphatic carbocycles. The summed E-state index contributed by atoms with van der Waals surface area (Å²) in [6, 6.07) is 0.620. The quantitative estimate of drug-likeness (QED) is 0.754. The Hall–Kier alpha value is -0.0800. The Kier molecular flexibility index (Phi) is 6.37. The van der Waals surface area contributed by atoms with Crippen LogP contribution in [0.25, 0.3) is 0 Å². The second-order valence-electron chi connectivity index (χ2n) is 5.48. The fourth-order valence-corrected chi connectivity index (χ4v) is 3.12. The van der Waals surface area contributed by atoms with Crippen molar-refractivity contribution in [1.82, 2.24) is 4.90 Å². The summed E-state index contributed by atoms with van der Waals surface area (Å²) < 4.78 is 0. The zero-order valence-corrected chi connectivity index (χ0v) is 11.4. The van der Waals surface area contributed by atoms with Crippen molar-refractivity contribution in [2.45, 2.75) is 58.9 Å². The van der Waals surface area contributed by atoms with Gasteiger partial charge in [0.1, 0.15) is 0 Å². The number of hydrogen-bond acceptors (Lipinski definition) is 2. The van der Waals surface area contributed by atoms with E-state index in [1.54, 1.807) is 0 Å². The van der Waals surface area contributed by atoms with E-state index >= 15 is 0 Å². The van der Waals surface area contributed by atoms with Gasteiger partial charge in [-0.3, -0.25) is 4.90 Å². The molecule has 2 heteroatoms. The number of nitrogens with zero attached hydrogens (tertiary/aromatic N) is 1. The number of nitrogens with two attached hydrogens (primary N) is 1. The molecule has 2 nitrogen and oxygen atoms in total. The maximum atomic E-state index is 5.98. The van der Waals surface area contributed by atoms with Crippen molar-refractivity contribution in [3.8, 4) is 0 Å². The van der Waals surface area contributed by atoms with Crippen LogP contribution in [0, 0.1) is 11.8 Å². The van der Waals surface area contributed by atoms with E-state index in [0.29, 0.717) is 6.04 Å². The zero-order chi connectivity index (χ0) is 12.0. The first-order chi connectivity index (χ1) is 7.72. The molecule has 0 aromatic rings. The van der Waals surface area contributed by atoms with Crippen LogP contribution < -0.4 is 5.73 Å². The van der Waals surface area contributed by atoms with Crippen molar-refractivity contribution >= 4 is 0 Å². The number of piperidine rings is 1. The van der Waals surface area contributed by atoms with Gasteiger partial charge in [-0.1, -0.05) is 33.6 Å². The molecule has 1 saturated heterocycles. The zero-order valence-electron chi connectivity index (χ0n) is 11.4. The van der Waals surface area contributed by atoms with Crippen LogP contribution in [-0.2, 0) is 0 Å². The van der Waals surface area contributed by atoms with E-state index in [0.717, 1.165) is 18.4 Å². The minimum Gasteiger partial charge on any atom is -0.329 e. The molecule has 96 valence electrons.